The number of ether oxygens (including phenoxy) is 3. The largest absolute Gasteiger partial charge is 0.379 e. The molecule has 1 unspecified atom stereocenters. The number of carbonyl (C=O) groups excluding carboxylic acids is 2. The van der Waals surface area contributed by atoms with Crippen molar-refractivity contribution in [2.75, 3.05) is 59.8 Å². The predicted molar refractivity (Wildman–Crippen MR) is 130 cm³/mol. The summed E-state index contributed by atoms with van der Waals surface area (Å²) >= 11 is 0. The average Bonchev–Trinajstić information content (AvgIpc) is 2.71. The van der Waals surface area contributed by atoms with Crippen LogP contribution in [0.1, 0.15) is 67.2 Å². The van der Waals surface area contributed by atoms with Crippen LogP contribution in [0.15, 0.2) is 12.2 Å². The number of hydrogen-bond acceptors (Lipinski definition) is 5. The van der Waals surface area contributed by atoms with Crippen molar-refractivity contribution in [1.82, 2.24) is 10.2 Å². The van der Waals surface area contributed by atoms with Crippen molar-refractivity contribution in [3.8, 4) is 0 Å². The lowest BCUT2D eigenvalue weighted by Gasteiger charge is -2.36. The van der Waals surface area contributed by atoms with Crippen molar-refractivity contribution in [2.24, 2.45) is 10.8 Å². The number of carbonyl (C=O) groups is 2. The second kappa shape index (κ2) is 16.2. The van der Waals surface area contributed by atoms with Crippen molar-refractivity contribution in [3.63, 3.8) is 0 Å². The minimum absolute atomic E-state index is 0.119. The lowest BCUT2D eigenvalue weighted by atomic mass is 9.72. The molecule has 2 amide bonds. The molecule has 7 nitrogen and oxygen atoms in total. The molecule has 0 aliphatic heterocycles. The zero-order chi connectivity index (χ0) is 24.6. The van der Waals surface area contributed by atoms with Gasteiger partial charge in [-0.25, -0.2) is 0 Å². The summed E-state index contributed by atoms with van der Waals surface area (Å²) < 4.78 is 16.6. The van der Waals surface area contributed by atoms with Gasteiger partial charge in [0.2, 0.25) is 11.8 Å². The third-order valence-electron chi connectivity index (χ3n) is 5.23. The van der Waals surface area contributed by atoms with Crippen LogP contribution in [-0.2, 0) is 23.8 Å². The topological polar surface area (TPSA) is 77.1 Å². The summed E-state index contributed by atoms with van der Waals surface area (Å²) in [6.45, 7) is 20.5. The highest BCUT2D eigenvalue weighted by Crippen LogP contribution is 2.37. The van der Waals surface area contributed by atoms with Gasteiger partial charge in [-0.15, -0.1) is 0 Å². The van der Waals surface area contributed by atoms with Crippen LogP contribution < -0.4 is 5.32 Å². The van der Waals surface area contributed by atoms with E-state index in [1.165, 1.54) is 0 Å². The number of nitrogens with zero attached hydrogens (tertiary/aromatic N) is 1. The summed E-state index contributed by atoms with van der Waals surface area (Å²) in [6.07, 6.45) is 3.29. The minimum Gasteiger partial charge on any atom is -0.379 e. The first-order chi connectivity index (χ1) is 14.9. The van der Waals surface area contributed by atoms with Gasteiger partial charge >= 0.3 is 0 Å². The van der Waals surface area contributed by atoms with Crippen LogP contribution in [-0.4, -0.2) is 76.5 Å². The van der Waals surface area contributed by atoms with Crippen molar-refractivity contribution in [3.05, 3.63) is 12.2 Å². The molecule has 0 radical (unpaired) electrons. The third-order valence-corrected chi connectivity index (χ3v) is 5.23. The Bertz CT molecular complexity index is 559. The van der Waals surface area contributed by atoms with E-state index in [4.69, 9.17) is 14.2 Å². The smallest absolute Gasteiger partial charge is 0.246 e. The maximum atomic E-state index is 12.9. The normalized spacial score (nSPS) is 13.5. The molecule has 7 heteroatoms. The summed E-state index contributed by atoms with van der Waals surface area (Å²) in [4.78, 5) is 26.1. The molecule has 0 spiro atoms. The number of nitrogens with one attached hydrogen (secondary N) is 1. The van der Waals surface area contributed by atoms with Crippen LogP contribution in [0.2, 0.25) is 0 Å². The molecule has 0 aromatic carbocycles. The van der Waals surface area contributed by atoms with Gasteiger partial charge in [-0.05, 0) is 38.0 Å². The monoisotopic (exact) mass is 456 g/mol. The van der Waals surface area contributed by atoms with Gasteiger partial charge in [0.15, 0.2) is 0 Å². The van der Waals surface area contributed by atoms with Crippen LogP contribution in [0.4, 0.5) is 0 Å². The molecule has 0 aliphatic rings. The quantitative estimate of drug-likeness (QED) is 0.251. The Morgan fingerprint density at radius 1 is 0.906 bits per heavy atom. The zero-order valence-corrected chi connectivity index (χ0v) is 21.7. The summed E-state index contributed by atoms with van der Waals surface area (Å²) in [7, 11) is 1.89. The molecule has 188 valence electrons. The van der Waals surface area contributed by atoms with Gasteiger partial charge in [-0.1, -0.05) is 41.2 Å². The Labute approximate surface area is 196 Å². The van der Waals surface area contributed by atoms with E-state index in [2.05, 4.69) is 46.5 Å². The highest BCUT2D eigenvalue weighted by molar-refractivity contribution is 5.92. The minimum atomic E-state index is -0.317. The lowest BCUT2D eigenvalue weighted by molar-refractivity contribution is -0.142. The van der Waals surface area contributed by atoms with Crippen LogP contribution in [0.3, 0.4) is 0 Å². The molecule has 0 heterocycles. The fourth-order valence-corrected chi connectivity index (χ4v) is 3.56. The van der Waals surface area contributed by atoms with Gasteiger partial charge in [0.25, 0.3) is 0 Å². The van der Waals surface area contributed by atoms with E-state index in [9.17, 15) is 9.59 Å². The maximum Gasteiger partial charge on any atom is 0.246 e. The Balaban J connectivity index is 3.68. The lowest BCUT2D eigenvalue weighted by Crippen LogP contribution is -2.42. The van der Waals surface area contributed by atoms with Gasteiger partial charge in [0, 0.05) is 44.3 Å². The van der Waals surface area contributed by atoms with E-state index in [0.29, 0.717) is 58.3 Å². The SMILES string of the molecule is C=C(C)C(=O)NCCCOCCOCCOCCCN(C)C(=O)C(C)(CC)CC(C)(C)C. The fraction of sp³-hybridized carbons (Fsp3) is 0.840. The summed E-state index contributed by atoms with van der Waals surface area (Å²) in [5.74, 6) is 0.100. The Kier molecular flexibility index (Phi) is 15.5. The van der Waals surface area contributed by atoms with Crippen molar-refractivity contribution in [2.45, 2.75) is 67.2 Å². The Morgan fingerprint density at radius 3 is 1.88 bits per heavy atom. The number of amides is 2. The standard InChI is InChI=1S/C25H48N2O5/c1-9-25(7,20-24(4,5)6)23(29)27(8)13-11-15-31-17-19-32-18-16-30-14-10-12-26-22(28)21(2)3/h2,9-20H2,1,3-8H3,(H,26,28). The molecule has 0 fully saturated rings. The summed E-state index contributed by atoms with van der Waals surface area (Å²) in [6, 6.07) is 0. The van der Waals surface area contributed by atoms with Crippen LogP contribution in [0.5, 0.6) is 0 Å². The highest BCUT2D eigenvalue weighted by atomic mass is 16.5. The zero-order valence-electron chi connectivity index (χ0n) is 21.7. The van der Waals surface area contributed by atoms with Crippen LogP contribution in [0.25, 0.3) is 0 Å². The van der Waals surface area contributed by atoms with E-state index in [1.807, 2.05) is 11.9 Å². The van der Waals surface area contributed by atoms with Gasteiger partial charge < -0.3 is 24.4 Å². The van der Waals surface area contributed by atoms with Crippen LogP contribution >= 0.6 is 0 Å². The molecular formula is C25H48N2O5. The molecular weight excluding hydrogens is 408 g/mol. The van der Waals surface area contributed by atoms with E-state index in [0.717, 1.165) is 25.7 Å². The first-order valence-corrected chi connectivity index (χ1v) is 11.9. The molecule has 0 saturated carbocycles. The average molecular weight is 457 g/mol. The molecule has 0 aromatic rings. The maximum absolute atomic E-state index is 12.9. The molecule has 0 saturated heterocycles. The molecule has 1 N–H and O–H groups in total. The number of rotatable bonds is 18. The van der Waals surface area contributed by atoms with E-state index in [1.54, 1.807) is 6.92 Å². The van der Waals surface area contributed by atoms with Gasteiger partial charge in [0.05, 0.1) is 26.4 Å². The van der Waals surface area contributed by atoms with E-state index in [-0.39, 0.29) is 22.6 Å². The van der Waals surface area contributed by atoms with Gasteiger partial charge in [-0.2, -0.15) is 0 Å². The Hall–Kier alpha value is -1.44. The molecule has 0 aromatic heterocycles. The molecule has 0 rings (SSSR count). The van der Waals surface area contributed by atoms with Gasteiger partial charge in [0.1, 0.15) is 0 Å². The van der Waals surface area contributed by atoms with Crippen LogP contribution in [0, 0.1) is 10.8 Å². The summed E-state index contributed by atoms with van der Waals surface area (Å²) in [5, 5.41) is 2.76. The van der Waals surface area contributed by atoms with Crippen molar-refractivity contribution >= 4 is 11.8 Å². The second-order valence-corrected chi connectivity index (χ2v) is 9.96. The Morgan fingerprint density at radius 2 is 1.41 bits per heavy atom. The first-order valence-electron chi connectivity index (χ1n) is 11.9. The van der Waals surface area contributed by atoms with E-state index >= 15 is 0 Å². The highest BCUT2D eigenvalue weighted by Gasteiger charge is 2.37. The molecule has 0 bridgehead atoms. The van der Waals surface area contributed by atoms with Crippen molar-refractivity contribution < 1.29 is 23.8 Å². The number of hydrogen-bond donors (Lipinski definition) is 1. The summed E-state index contributed by atoms with van der Waals surface area (Å²) in [5.41, 5.74) is 0.317. The second-order valence-electron chi connectivity index (χ2n) is 9.96. The molecule has 0 aliphatic carbocycles. The van der Waals surface area contributed by atoms with Crippen molar-refractivity contribution in [1.29, 1.82) is 0 Å². The van der Waals surface area contributed by atoms with Gasteiger partial charge in [-0.3, -0.25) is 9.59 Å². The van der Waals surface area contributed by atoms with E-state index < -0.39 is 0 Å². The first kappa shape index (κ1) is 30.6. The predicted octanol–water partition coefficient (Wildman–Crippen LogP) is 3.82. The molecule has 32 heavy (non-hydrogen) atoms. The fourth-order valence-electron chi connectivity index (χ4n) is 3.56. The third kappa shape index (κ3) is 14.6. The molecule has 1 atom stereocenters.